The zero-order valence-electron chi connectivity index (χ0n) is 11.9. The van der Waals surface area contributed by atoms with E-state index < -0.39 is 0 Å². The Kier molecular flexibility index (Phi) is 3.28. The van der Waals surface area contributed by atoms with Crippen molar-refractivity contribution >= 4 is 10.9 Å². The summed E-state index contributed by atoms with van der Waals surface area (Å²) in [6.07, 6.45) is 0.651. The van der Waals surface area contributed by atoms with Gasteiger partial charge in [0.25, 0.3) is 5.89 Å². The van der Waals surface area contributed by atoms with Gasteiger partial charge >= 0.3 is 0 Å². The van der Waals surface area contributed by atoms with Crippen LogP contribution in [0.4, 0.5) is 0 Å². The molecule has 2 aromatic heterocycles. The third kappa shape index (κ3) is 2.20. The molecule has 1 aromatic carbocycles. The average Bonchev–Trinajstić information content (AvgIpc) is 3.02. The molecule has 0 unspecified atom stereocenters. The maximum absolute atomic E-state index is 5.34. The number of hydrogen-bond acceptors (Lipinski definition) is 4. The normalized spacial score (nSPS) is 11.3. The van der Waals surface area contributed by atoms with Gasteiger partial charge in [0, 0.05) is 24.4 Å². The second kappa shape index (κ2) is 5.09. The molecule has 0 aliphatic rings. The Morgan fingerprint density at radius 3 is 2.95 bits per heavy atom. The van der Waals surface area contributed by atoms with E-state index in [-0.39, 0.29) is 0 Å². The first-order valence-corrected chi connectivity index (χ1v) is 6.60. The third-order valence-electron chi connectivity index (χ3n) is 3.43. The molecule has 5 nitrogen and oxygen atoms in total. The summed E-state index contributed by atoms with van der Waals surface area (Å²) < 4.78 is 10.4. The van der Waals surface area contributed by atoms with E-state index in [0.29, 0.717) is 24.7 Å². The number of aryl methyl sites for hydroxylation is 2. The minimum Gasteiger partial charge on any atom is -0.384 e. The van der Waals surface area contributed by atoms with E-state index in [2.05, 4.69) is 47.2 Å². The summed E-state index contributed by atoms with van der Waals surface area (Å²) in [6.45, 7) is 4.73. The van der Waals surface area contributed by atoms with E-state index in [1.54, 1.807) is 7.11 Å². The smallest absolute Gasteiger partial charge is 0.274 e. The monoisotopic (exact) mass is 271 g/mol. The predicted octanol–water partition coefficient (Wildman–Crippen LogP) is 3.02. The number of fused-ring (bicyclic) bond motifs is 1. The van der Waals surface area contributed by atoms with Gasteiger partial charge in [0.2, 0.25) is 0 Å². The summed E-state index contributed by atoms with van der Waals surface area (Å²) >= 11 is 0. The van der Waals surface area contributed by atoms with Crippen molar-refractivity contribution < 1.29 is 9.26 Å². The fraction of sp³-hybridized carbons (Fsp3) is 0.333. The van der Waals surface area contributed by atoms with Crippen molar-refractivity contribution in [2.24, 2.45) is 0 Å². The molecule has 2 heterocycles. The van der Waals surface area contributed by atoms with Gasteiger partial charge < -0.3 is 14.2 Å². The number of aromatic nitrogens is 3. The molecule has 0 radical (unpaired) electrons. The number of H-pyrrole nitrogens is 1. The van der Waals surface area contributed by atoms with Crippen LogP contribution in [0.2, 0.25) is 0 Å². The fourth-order valence-electron chi connectivity index (χ4n) is 2.30. The predicted molar refractivity (Wildman–Crippen MR) is 76.6 cm³/mol. The molecule has 0 spiro atoms. The highest BCUT2D eigenvalue weighted by molar-refractivity contribution is 5.89. The zero-order chi connectivity index (χ0) is 14.1. The highest BCUT2D eigenvalue weighted by Gasteiger charge is 2.15. The van der Waals surface area contributed by atoms with E-state index >= 15 is 0 Å². The van der Waals surface area contributed by atoms with Crippen molar-refractivity contribution in [3.63, 3.8) is 0 Å². The molecule has 104 valence electrons. The molecular formula is C15H17N3O2. The fourth-order valence-corrected chi connectivity index (χ4v) is 2.30. The highest BCUT2D eigenvalue weighted by Crippen LogP contribution is 2.29. The number of aromatic amines is 1. The van der Waals surface area contributed by atoms with E-state index in [1.807, 2.05) is 0 Å². The number of benzene rings is 1. The van der Waals surface area contributed by atoms with Crippen LogP contribution in [0.3, 0.4) is 0 Å². The second-order valence-corrected chi connectivity index (χ2v) is 4.93. The Hall–Kier alpha value is -2.14. The topological polar surface area (TPSA) is 63.9 Å². The molecule has 0 amide bonds. The minimum absolute atomic E-state index is 0.530. The van der Waals surface area contributed by atoms with Crippen molar-refractivity contribution in [3.8, 4) is 11.6 Å². The van der Waals surface area contributed by atoms with E-state index in [0.717, 1.165) is 16.8 Å². The number of rotatable bonds is 4. The molecule has 0 atom stereocenters. The lowest BCUT2D eigenvalue weighted by molar-refractivity contribution is 0.199. The molecule has 0 bridgehead atoms. The van der Waals surface area contributed by atoms with Crippen molar-refractivity contribution in [1.29, 1.82) is 0 Å². The molecule has 3 rings (SSSR count). The summed E-state index contributed by atoms with van der Waals surface area (Å²) in [5, 5.41) is 5.16. The number of ether oxygens (including phenoxy) is 1. The first-order valence-electron chi connectivity index (χ1n) is 6.60. The van der Waals surface area contributed by atoms with Crippen molar-refractivity contribution in [1.82, 2.24) is 15.1 Å². The zero-order valence-corrected chi connectivity index (χ0v) is 11.9. The quantitative estimate of drug-likeness (QED) is 0.792. The van der Waals surface area contributed by atoms with Crippen LogP contribution in [-0.2, 0) is 11.2 Å². The summed E-state index contributed by atoms with van der Waals surface area (Å²) in [4.78, 5) is 7.76. The van der Waals surface area contributed by atoms with Crippen LogP contribution in [0.1, 0.15) is 17.0 Å². The Morgan fingerprint density at radius 2 is 2.15 bits per heavy atom. The maximum Gasteiger partial charge on any atom is 0.274 e. The first kappa shape index (κ1) is 12.9. The van der Waals surface area contributed by atoms with Gasteiger partial charge in [0.05, 0.1) is 6.61 Å². The Balaban J connectivity index is 2.01. The lowest BCUT2D eigenvalue weighted by Crippen LogP contribution is -1.96. The van der Waals surface area contributed by atoms with Gasteiger partial charge in [-0.3, -0.25) is 0 Å². The van der Waals surface area contributed by atoms with Crippen molar-refractivity contribution in [2.45, 2.75) is 20.3 Å². The van der Waals surface area contributed by atoms with Crippen LogP contribution in [0.25, 0.3) is 22.5 Å². The molecule has 0 saturated heterocycles. The Labute approximate surface area is 117 Å². The molecule has 0 fully saturated rings. The molecule has 20 heavy (non-hydrogen) atoms. The minimum atomic E-state index is 0.530. The van der Waals surface area contributed by atoms with E-state index in [4.69, 9.17) is 9.26 Å². The molecule has 3 aromatic rings. The number of nitrogens with one attached hydrogen (secondary N) is 1. The standard InChI is InChI=1S/C15H17N3O2/c1-9-4-5-12-11(8-9)10(2)14(16-12)15-17-13(18-20-15)6-7-19-3/h4-5,8,16H,6-7H2,1-3H3. The van der Waals surface area contributed by atoms with Crippen LogP contribution in [0, 0.1) is 13.8 Å². The SMILES string of the molecule is COCCc1noc(-c2[nH]c3ccc(C)cc3c2C)n1. The summed E-state index contributed by atoms with van der Waals surface area (Å²) in [5.41, 5.74) is 4.34. The van der Waals surface area contributed by atoms with Crippen LogP contribution in [0.15, 0.2) is 22.7 Å². The van der Waals surface area contributed by atoms with Gasteiger partial charge in [-0.15, -0.1) is 0 Å². The van der Waals surface area contributed by atoms with Gasteiger partial charge in [0.15, 0.2) is 5.82 Å². The van der Waals surface area contributed by atoms with Crippen LogP contribution >= 0.6 is 0 Å². The molecule has 0 saturated carbocycles. The highest BCUT2D eigenvalue weighted by atomic mass is 16.5. The van der Waals surface area contributed by atoms with Gasteiger partial charge in [-0.2, -0.15) is 4.98 Å². The first-order chi connectivity index (χ1) is 9.69. The van der Waals surface area contributed by atoms with Crippen molar-refractivity contribution in [3.05, 3.63) is 35.2 Å². The molecular weight excluding hydrogens is 254 g/mol. The number of hydrogen-bond donors (Lipinski definition) is 1. The summed E-state index contributed by atoms with van der Waals surface area (Å²) in [6, 6.07) is 6.32. The van der Waals surface area contributed by atoms with Gasteiger partial charge in [-0.05, 0) is 31.5 Å². The summed E-state index contributed by atoms with van der Waals surface area (Å²) in [7, 11) is 1.66. The molecule has 1 N–H and O–H groups in total. The Morgan fingerprint density at radius 1 is 1.30 bits per heavy atom. The van der Waals surface area contributed by atoms with Crippen LogP contribution in [0.5, 0.6) is 0 Å². The molecule has 0 aliphatic heterocycles. The number of methoxy groups -OCH3 is 1. The van der Waals surface area contributed by atoms with Gasteiger partial charge in [-0.25, -0.2) is 0 Å². The molecule has 0 aliphatic carbocycles. The molecule has 5 heteroatoms. The summed E-state index contributed by atoms with van der Waals surface area (Å²) in [5.74, 6) is 1.19. The van der Waals surface area contributed by atoms with E-state index in [1.165, 1.54) is 10.9 Å². The van der Waals surface area contributed by atoms with Crippen LogP contribution in [-0.4, -0.2) is 28.8 Å². The largest absolute Gasteiger partial charge is 0.384 e. The second-order valence-electron chi connectivity index (χ2n) is 4.93. The average molecular weight is 271 g/mol. The Bertz CT molecular complexity index is 743. The van der Waals surface area contributed by atoms with Gasteiger partial charge in [0.1, 0.15) is 5.69 Å². The third-order valence-corrected chi connectivity index (χ3v) is 3.43. The van der Waals surface area contributed by atoms with Crippen molar-refractivity contribution in [2.75, 3.05) is 13.7 Å². The number of nitrogens with zero attached hydrogens (tertiary/aromatic N) is 2. The lowest BCUT2D eigenvalue weighted by atomic mass is 10.1. The van der Waals surface area contributed by atoms with Crippen LogP contribution < -0.4 is 0 Å². The van der Waals surface area contributed by atoms with Gasteiger partial charge in [-0.1, -0.05) is 16.8 Å². The maximum atomic E-state index is 5.34. The lowest BCUT2D eigenvalue weighted by Gasteiger charge is -1.94. The van der Waals surface area contributed by atoms with E-state index in [9.17, 15) is 0 Å².